The third-order valence-corrected chi connectivity index (χ3v) is 6.56. The van der Waals surface area contributed by atoms with E-state index in [1.54, 1.807) is 12.3 Å². The predicted octanol–water partition coefficient (Wildman–Crippen LogP) is 3.45. The number of amides is 1. The zero-order valence-electron chi connectivity index (χ0n) is 18.0. The molecule has 1 fully saturated rings. The van der Waals surface area contributed by atoms with Gasteiger partial charge in [0.1, 0.15) is 5.82 Å². The van der Waals surface area contributed by atoms with Gasteiger partial charge >= 0.3 is 0 Å². The molecule has 5 rings (SSSR count). The molecule has 0 spiro atoms. The Hall–Kier alpha value is -3.41. The molecule has 32 heavy (non-hydrogen) atoms. The second-order valence-corrected chi connectivity index (χ2v) is 8.46. The Labute approximate surface area is 187 Å². The van der Waals surface area contributed by atoms with E-state index in [4.69, 9.17) is 0 Å². The SMILES string of the molecule is O=C(NCCc1ccccn1)[C@H]1Cc2ccccc2N2CCN(c3ccccc3F)C[C@H]12. The third kappa shape index (κ3) is 4.05. The number of carbonyl (C=O) groups is 1. The second kappa shape index (κ2) is 8.99. The number of benzene rings is 2. The van der Waals surface area contributed by atoms with Gasteiger partial charge in [0.05, 0.1) is 17.6 Å². The van der Waals surface area contributed by atoms with Gasteiger partial charge in [-0.2, -0.15) is 0 Å². The number of piperazine rings is 1. The summed E-state index contributed by atoms with van der Waals surface area (Å²) in [5.41, 5.74) is 3.98. The van der Waals surface area contributed by atoms with E-state index in [0.717, 1.165) is 18.8 Å². The number of nitrogens with one attached hydrogen (secondary N) is 1. The highest BCUT2D eigenvalue weighted by Gasteiger charge is 2.41. The average Bonchev–Trinajstić information content (AvgIpc) is 2.84. The monoisotopic (exact) mass is 430 g/mol. The Kier molecular flexibility index (Phi) is 5.75. The minimum Gasteiger partial charge on any atom is -0.365 e. The Balaban J connectivity index is 1.35. The lowest BCUT2D eigenvalue weighted by Crippen LogP contribution is -2.61. The van der Waals surface area contributed by atoms with Gasteiger partial charge < -0.3 is 15.1 Å². The molecule has 5 nitrogen and oxygen atoms in total. The summed E-state index contributed by atoms with van der Waals surface area (Å²) in [4.78, 5) is 22.1. The Morgan fingerprint density at radius 2 is 1.78 bits per heavy atom. The van der Waals surface area contributed by atoms with E-state index in [2.05, 4.69) is 32.2 Å². The fraction of sp³-hybridized carbons (Fsp3) is 0.308. The van der Waals surface area contributed by atoms with Gasteiger partial charge in [-0.25, -0.2) is 4.39 Å². The minimum absolute atomic E-state index is 0.00638. The summed E-state index contributed by atoms with van der Waals surface area (Å²) in [6.45, 7) is 2.65. The number of halogens is 1. The number of fused-ring (bicyclic) bond motifs is 3. The van der Waals surface area contributed by atoms with Crippen molar-refractivity contribution in [1.82, 2.24) is 10.3 Å². The van der Waals surface area contributed by atoms with Crippen molar-refractivity contribution in [3.05, 3.63) is 90.0 Å². The van der Waals surface area contributed by atoms with Crippen LogP contribution in [0.1, 0.15) is 11.3 Å². The number of para-hydroxylation sites is 2. The summed E-state index contributed by atoms with van der Waals surface area (Å²) in [6.07, 6.45) is 3.16. The number of hydrogen-bond acceptors (Lipinski definition) is 4. The van der Waals surface area contributed by atoms with Crippen LogP contribution in [-0.4, -0.2) is 43.1 Å². The zero-order valence-corrected chi connectivity index (χ0v) is 18.0. The lowest BCUT2D eigenvalue weighted by atomic mass is 9.83. The molecular weight excluding hydrogens is 403 g/mol. The predicted molar refractivity (Wildman–Crippen MR) is 124 cm³/mol. The first-order valence-corrected chi connectivity index (χ1v) is 11.2. The molecular formula is C26H27FN4O. The van der Waals surface area contributed by atoms with Crippen molar-refractivity contribution in [2.24, 2.45) is 5.92 Å². The number of rotatable bonds is 5. The summed E-state index contributed by atoms with van der Waals surface area (Å²) in [7, 11) is 0. The normalized spacial score (nSPS) is 19.8. The van der Waals surface area contributed by atoms with Crippen molar-refractivity contribution in [2.45, 2.75) is 18.9 Å². The van der Waals surface area contributed by atoms with Gasteiger partial charge in [0.2, 0.25) is 5.91 Å². The van der Waals surface area contributed by atoms with E-state index in [1.807, 2.05) is 42.5 Å². The van der Waals surface area contributed by atoms with Crippen LogP contribution >= 0.6 is 0 Å². The largest absolute Gasteiger partial charge is 0.365 e. The number of anilines is 2. The molecule has 1 amide bonds. The summed E-state index contributed by atoms with van der Waals surface area (Å²) in [6, 6.07) is 21.0. The first-order chi connectivity index (χ1) is 15.7. The molecule has 6 heteroatoms. The number of hydrogen-bond donors (Lipinski definition) is 1. The van der Waals surface area contributed by atoms with Gasteiger partial charge in [0.25, 0.3) is 0 Å². The number of pyridine rings is 1. The molecule has 0 bridgehead atoms. The first-order valence-electron chi connectivity index (χ1n) is 11.2. The molecule has 0 unspecified atom stereocenters. The van der Waals surface area contributed by atoms with E-state index >= 15 is 0 Å². The molecule has 0 aliphatic carbocycles. The Bertz CT molecular complexity index is 1090. The van der Waals surface area contributed by atoms with Gasteiger partial charge in [-0.3, -0.25) is 9.78 Å². The molecule has 1 N–H and O–H groups in total. The molecule has 3 aromatic rings. The fourth-order valence-electron chi connectivity index (χ4n) is 4.98. The molecule has 1 saturated heterocycles. The van der Waals surface area contributed by atoms with Gasteiger partial charge in [-0.05, 0) is 42.3 Å². The highest BCUT2D eigenvalue weighted by molar-refractivity contribution is 5.82. The van der Waals surface area contributed by atoms with Crippen LogP contribution in [-0.2, 0) is 17.6 Å². The number of aromatic nitrogens is 1. The van der Waals surface area contributed by atoms with Crippen LogP contribution in [0.3, 0.4) is 0 Å². The molecule has 2 aliphatic heterocycles. The highest BCUT2D eigenvalue weighted by Crippen LogP contribution is 2.37. The van der Waals surface area contributed by atoms with E-state index < -0.39 is 0 Å². The van der Waals surface area contributed by atoms with Crippen LogP contribution in [0.4, 0.5) is 15.8 Å². The molecule has 2 aromatic carbocycles. The topological polar surface area (TPSA) is 48.5 Å². The third-order valence-electron chi connectivity index (χ3n) is 6.56. The summed E-state index contributed by atoms with van der Waals surface area (Å²) >= 11 is 0. The van der Waals surface area contributed by atoms with Crippen molar-refractivity contribution >= 4 is 17.3 Å². The van der Waals surface area contributed by atoms with Crippen LogP contribution in [0.5, 0.6) is 0 Å². The average molecular weight is 431 g/mol. The maximum Gasteiger partial charge on any atom is 0.225 e. The summed E-state index contributed by atoms with van der Waals surface area (Å²) in [5, 5.41) is 3.13. The Morgan fingerprint density at radius 1 is 1.00 bits per heavy atom. The molecule has 2 aliphatic rings. The van der Waals surface area contributed by atoms with Crippen LogP contribution in [0.15, 0.2) is 72.9 Å². The van der Waals surface area contributed by atoms with E-state index in [-0.39, 0.29) is 23.7 Å². The quantitative estimate of drug-likeness (QED) is 0.674. The van der Waals surface area contributed by atoms with Crippen molar-refractivity contribution in [3.8, 4) is 0 Å². The van der Waals surface area contributed by atoms with Crippen molar-refractivity contribution in [1.29, 1.82) is 0 Å². The molecule has 164 valence electrons. The van der Waals surface area contributed by atoms with Gasteiger partial charge in [-0.1, -0.05) is 36.4 Å². The highest BCUT2D eigenvalue weighted by atomic mass is 19.1. The molecule has 1 aromatic heterocycles. The van der Waals surface area contributed by atoms with Crippen LogP contribution < -0.4 is 15.1 Å². The molecule has 0 radical (unpaired) electrons. The first kappa shape index (κ1) is 20.5. The van der Waals surface area contributed by atoms with Crippen molar-refractivity contribution in [3.63, 3.8) is 0 Å². The van der Waals surface area contributed by atoms with Crippen molar-refractivity contribution in [2.75, 3.05) is 36.0 Å². The van der Waals surface area contributed by atoms with E-state index in [9.17, 15) is 9.18 Å². The maximum atomic E-state index is 14.5. The van der Waals surface area contributed by atoms with Crippen LogP contribution in [0.25, 0.3) is 0 Å². The zero-order chi connectivity index (χ0) is 21.9. The van der Waals surface area contributed by atoms with Gasteiger partial charge in [0, 0.05) is 50.2 Å². The Morgan fingerprint density at radius 3 is 2.59 bits per heavy atom. The summed E-state index contributed by atoms with van der Waals surface area (Å²) in [5.74, 6) is -0.349. The lowest BCUT2D eigenvalue weighted by molar-refractivity contribution is -0.125. The van der Waals surface area contributed by atoms with Gasteiger partial charge in [-0.15, -0.1) is 0 Å². The smallest absolute Gasteiger partial charge is 0.225 e. The maximum absolute atomic E-state index is 14.5. The van der Waals surface area contributed by atoms with Crippen LogP contribution in [0.2, 0.25) is 0 Å². The minimum atomic E-state index is -0.214. The molecule has 2 atom stereocenters. The second-order valence-electron chi connectivity index (χ2n) is 8.46. The number of carbonyl (C=O) groups excluding carboxylic acids is 1. The molecule has 0 saturated carbocycles. The standard InChI is InChI=1S/C26H27FN4O/c27-22-9-2-4-11-24(22)30-15-16-31-23-10-3-1-7-19(23)17-21(25(31)18-30)26(32)29-14-12-20-8-5-6-13-28-20/h1-11,13,21,25H,12,14-18H2,(H,29,32)/t21-,25+/m0/s1. The van der Waals surface area contributed by atoms with Gasteiger partial charge in [0.15, 0.2) is 0 Å². The fourth-order valence-corrected chi connectivity index (χ4v) is 4.98. The molecule has 3 heterocycles. The lowest BCUT2D eigenvalue weighted by Gasteiger charge is -2.49. The van der Waals surface area contributed by atoms with Crippen molar-refractivity contribution < 1.29 is 9.18 Å². The van der Waals surface area contributed by atoms with E-state index in [0.29, 0.717) is 31.6 Å². The van der Waals surface area contributed by atoms with E-state index in [1.165, 1.54) is 17.3 Å². The summed E-state index contributed by atoms with van der Waals surface area (Å²) < 4.78 is 14.5. The number of nitrogens with zero attached hydrogens (tertiary/aromatic N) is 3. The van der Waals surface area contributed by atoms with Crippen LogP contribution in [0, 0.1) is 11.7 Å².